The Morgan fingerprint density at radius 2 is 2.00 bits per heavy atom. The van der Waals surface area contributed by atoms with Gasteiger partial charge in [-0.25, -0.2) is 0 Å². The average Bonchev–Trinajstić information content (AvgIpc) is 2.85. The van der Waals surface area contributed by atoms with Gasteiger partial charge in [-0.15, -0.1) is 0 Å². The highest BCUT2D eigenvalue weighted by molar-refractivity contribution is 9.10. The van der Waals surface area contributed by atoms with E-state index < -0.39 is 0 Å². The van der Waals surface area contributed by atoms with Crippen LogP contribution in [0.5, 0.6) is 0 Å². The maximum atomic E-state index is 12.1. The van der Waals surface area contributed by atoms with Gasteiger partial charge in [0.15, 0.2) is 10.4 Å². The summed E-state index contributed by atoms with van der Waals surface area (Å²) in [5.74, 6) is -0.109. The minimum atomic E-state index is -0.296. The Hall–Kier alpha value is -1.30. The van der Waals surface area contributed by atoms with Crippen molar-refractivity contribution < 1.29 is 14.0 Å². The van der Waals surface area contributed by atoms with Gasteiger partial charge in [0.2, 0.25) is 5.91 Å². The lowest BCUT2D eigenvalue weighted by atomic mass is 10.3. The molecule has 112 valence electrons. The van der Waals surface area contributed by atoms with Gasteiger partial charge in [0.25, 0.3) is 5.91 Å². The molecule has 0 N–H and O–H groups in total. The number of halogens is 1. The zero-order valence-corrected chi connectivity index (χ0v) is 13.8. The Balaban J connectivity index is 2.57. The SMILES string of the molecule is CCCCN(CC)C(=O)CN(C)C(=O)c1ccc(Br)o1. The first-order valence-corrected chi connectivity index (χ1v) is 7.57. The first kappa shape index (κ1) is 16.8. The number of carbonyl (C=O) groups excluding carboxylic acids is 2. The minimum absolute atomic E-state index is 0.0394. The van der Waals surface area contributed by atoms with E-state index in [-0.39, 0.29) is 24.1 Å². The Labute approximate surface area is 128 Å². The monoisotopic (exact) mass is 344 g/mol. The third kappa shape index (κ3) is 4.67. The number of nitrogens with zero attached hydrogens (tertiary/aromatic N) is 2. The number of rotatable bonds is 7. The number of hydrogen-bond acceptors (Lipinski definition) is 3. The molecule has 0 aliphatic carbocycles. The third-order valence-corrected chi connectivity index (χ3v) is 3.45. The average molecular weight is 345 g/mol. The standard InChI is InChI=1S/C14H21BrN2O3/c1-4-6-9-17(5-2)13(18)10-16(3)14(19)11-7-8-12(15)20-11/h7-8H,4-6,9-10H2,1-3H3. The highest BCUT2D eigenvalue weighted by Gasteiger charge is 2.20. The van der Waals surface area contributed by atoms with Gasteiger partial charge in [0.1, 0.15) is 0 Å². The van der Waals surface area contributed by atoms with Gasteiger partial charge >= 0.3 is 0 Å². The molecule has 0 fully saturated rings. The van der Waals surface area contributed by atoms with Crippen LogP contribution >= 0.6 is 15.9 Å². The summed E-state index contributed by atoms with van der Waals surface area (Å²) in [6.07, 6.45) is 2.02. The summed E-state index contributed by atoms with van der Waals surface area (Å²) >= 11 is 3.15. The van der Waals surface area contributed by atoms with Gasteiger partial charge in [-0.1, -0.05) is 13.3 Å². The fourth-order valence-electron chi connectivity index (χ4n) is 1.80. The molecule has 1 rings (SSSR count). The molecule has 0 aromatic carbocycles. The van der Waals surface area contributed by atoms with Crippen molar-refractivity contribution in [1.29, 1.82) is 0 Å². The first-order chi connectivity index (χ1) is 9.49. The molecule has 0 spiro atoms. The minimum Gasteiger partial charge on any atom is -0.444 e. The van der Waals surface area contributed by atoms with Crippen LogP contribution < -0.4 is 0 Å². The van der Waals surface area contributed by atoms with Crippen LogP contribution in [0.2, 0.25) is 0 Å². The van der Waals surface area contributed by atoms with Crippen LogP contribution in [-0.4, -0.2) is 48.3 Å². The van der Waals surface area contributed by atoms with Gasteiger partial charge in [0.05, 0.1) is 6.54 Å². The van der Waals surface area contributed by atoms with Crippen molar-refractivity contribution in [3.05, 3.63) is 22.6 Å². The highest BCUT2D eigenvalue weighted by Crippen LogP contribution is 2.15. The van der Waals surface area contributed by atoms with E-state index in [1.54, 1.807) is 24.1 Å². The second-order valence-electron chi connectivity index (χ2n) is 4.59. The summed E-state index contributed by atoms with van der Waals surface area (Å²) in [5.41, 5.74) is 0. The molecule has 1 aromatic rings. The lowest BCUT2D eigenvalue weighted by Gasteiger charge is -2.23. The van der Waals surface area contributed by atoms with Gasteiger partial charge in [-0.2, -0.15) is 0 Å². The van der Waals surface area contributed by atoms with Crippen molar-refractivity contribution in [3.8, 4) is 0 Å². The summed E-state index contributed by atoms with van der Waals surface area (Å²) in [6.45, 7) is 5.49. The third-order valence-electron chi connectivity index (χ3n) is 3.02. The molecule has 0 saturated carbocycles. The molecule has 5 nitrogen and oxygen atoms in total. The van der Waals surface area contributed by atoms with Crippen LogP contribution in [-0.2, 0) is 4.79 Å². The summed E-state index contributed by atoms with van der Waals surface area (Å²) in [5, 5.41) is 0. The van der Waals surface area contributed by atoms with Crippen LogP contribution in [0, 0.1) is 0 Å². The van der Waals surface area contributed by atoms with Crippen LogP contribution in [0.15, 0.2) is 21.2 Å². The molecule has 0 atom stereocenters. The van der Waals surface area contributed by atoms with Crippen molar-refractivity contribution in [2.24, 2.45) is 0 Å². The normalized spacial score (nSPS) is 10.4. The zero-order chi connectivity index (χ0) is 15.1. The largest absolute Gasteiger partial charge is 0.444 e. The van der Waals surface area contributed by atoms with E-state index >= 15 is 0 Å². The quantitative estimate of drug-likeness (QED) is 0.764. The van der Waals surface area contributed by atoms with E-state index in [2.05, 4.69) is 22.9 Å². The summed E-state index contributed by atoms with van der Waals surface area (Å²) in [7, 11) is 1.60. The molecule has 0 radical (unpaired) electrons. The van der Waals surface area contributed by atoms with E-state index in [9.17, 15) is 9.59 Å². The number of unbranched alkanes of at least 4 members (excludes halogenated alkanes) is 1. The summed E-state index contributed by atoms with van der Waals surface area (Å²) in [6, 6.07) is 3.24. The van der Waals surface area contributed by atoms with Gasteiger partial charge in [-0.05, 0) is 41.4 Å². The molecule has 0 aliphatic rings. The fourth-order valence-corrected chi connectivity index (χ4v) is 2.11. The molecule has 1 heterocycles. The predicted octanol–water partition coefficient (Wildman–Crippen LogP) is 2.76. The lowest BCUT2D eigenvalue weighted by molar-refractivity contribution is -0.131. The maximum Gasteiger partial charge on any atom is 0.289 e. The molecule has 1 aromatic heterocycles. The molecule has 2 amide bonds. The van der Waals surface area contributed by atoms with E-state index in [4.69, 9.17) is 4.42 Å². The molecule has 0 aliphatic heterocycles. The number of likely N-dealkylation sites (N-methyl/N-ethyl adjacent to an activating group) is 2. The van der Waals surface area contributed by atoms with Crippen LogP contribution in [0.3, 0.4) is 0 Å². The smallest absolute Gasteiger partial charge is 0.289 e. The molecule has 20 heavy (non-hydrogen) atoms. The Morgan fingerprint density at radius 1 is 1.30 bits per heavy atom. The molecule has 6 heteroatoms. The molecule has 0 bridgehead atoms. The second-order valence-corrected chi connectivity index (χ2v) is 5.37. The number of furan rings is 1. The fraction of sp³-hybridized carbons (Fsp3) is 0.571. The zero-order valence-electron chi connectivity index (χ0n) is 12.2. The van der Waals surface area contributed by atoms with Gasteiger partial charge < -0.3 is 14.2 Å². The first-order valence-electron chi connectivity index (χ1n) is 6.78. The van der Waals surface area contributed by atoms with Crippen molar-refractivity contribution in [2.75, 3.05) is 26.7 Å². The molecular formula is C14H21BrN2O3. The summed E-state index contributed by atoms with van der Waals surface area (Å²) in [4.78, 5) is 27.3. The van der Waals surface area contributed by atoms with Crippen molar-refractivity contribution in [1.82, 2.24) is 9.80 Å². The van der Waals surface area contributed by atoms with Crippen LogP contribution in [0.25, 0.3) is 0 Å². The Bertz CT molecular complexity index is 459. The van der Waals surface area contributed by atoms with Crippen molar-refractivity contribution in [3.63, 3.8) is 0 Å². The maximum absolute atomic E-state index is 12.1. The molecular weight excluding hydrogens is 324 g/mol. The highest BCUT2D eigenvalue weighted by atomic mass is 79.9. The predicted molar refractivity (Wildman–Crippen MR) is 80.5 cm³/mol. The Morgan fingerprint density at radius 3 is 2.50 bits per heavy atom. The van der Waals surface area contributed by atoms with E-state index in [0.717, 1.165) is 19.4 Å². The van der Waals surface area contributed by atoms with Crippen LogP contribution in [0.1, 0.15) is 37.2 Å². The number of hydrogen-bond donors (Lipinski definition) is 0. The Kier molecular flexibility index (Phi) is 6.78. The van der Waals surface area contributed by atoms with Crippen molar-refractivity contribution >= 4 is 27.7 Å². The summed E-state index contributed by atoms with van der Waals surface area (Å²) < 4.78 is 5.70. The molecule has 0 unspecified atom stereocenters. The number of amides is 2. The van der Waals surface area contributed by atoms with Gasteiger partial charge in [-0.3, -0.25) is 9.59 Å². The topological polar surface area (TPSA) is 53.8 Å². The van der Waals surface area contributed by atoms with Gasteiger partial charge in [0, 0.05) is 20.1 Å². The van der Waals surface area contributed by atoms with Crippen molar-refractivity contribution in [2.45, 2.75) is 26.7 Å². The van der Waals surface area contributed by atoms with E-state index in [1.165, 1.54) is 4.90 Å². The lowest BCUT2D eigenvalue weighted by Crippen LogP contribution is -2.41. The second kappa shape index (κ2) is 8.09. The van der Waals surface area contributed by atoms with Crippen LogP contribution in [0.4, 0.5) is 0 Å². The van der Waals surface area contributed by atoms with E-state index in [1.807, 2.05) is 6.92 Å². The number of carbonyl (C=O) groups is 2. The van der Waals surface area contributed by atoms with E-state index in [0.29, 0.717) is 11.2 Å². The molecule has 0 saturated heterocycles.